The van der Waals surface area contributed by atoms with Gasteiger partial charge in [0, 0.05) is 46.3 Å². The zero-order valence-electron chi connectivity index (χ0n) is 16.6. The minimum atomic E-state index is -0.478. The second-order valence-corrected chi connectivity index (χ2v) is 8.13. The molecule has 1 aliphatic rings. The fourth-order valence-corrected chi connectivity index (χ4v) is 4.09. The number of hydrogen-bond donors (Lipinski definition) is 1. The third-order valence-corrected chi connectivity index (χ3v) is 6.08. The van der Waals surface area contributed by atoms with Crippen molar-refractivity contribution in [2.45, 2.75) is 13.1 Å². The molecule has 3 heterocycles. The van der Waals surface area contributed by atoms with Crippen LogP contribution < -0.4 is 16.1 Å². The molecule has 0 aliphatic carbocycles. The lowest BCUT2D eigenvalue weighted by Gasteiger charge is -2.35. The van der Waals surface area contributed by atoms with Crippen molar-refractivity contribution in [2.75, 3.05) is 31.1 Å². The van der Waals surface area contributed by atoms with E-state index in [2.05, 4.69) is 26.3 Å². The number of nitrogens with one attached hydrogen (secondary N) is 1. The van der Waals surface area contributed by atoms with Gasteiger partial charge in [-0.1, -0.05) is 35.3 Å². The van der Waals surface area contributed by atoms with Crippen LogP contribution >= 0.6 is 23.2 Å². The van der Waals surface area contributed by atoms with Gasteiger partial charge in [-0.25, -0.2) is 4.79 Å². The van der Waals surface area contributed by atoms with Crippen molar-refractivity contribution in [1.82, 2.24) is 24.0 Å². The molecule has 8 nitrogen and oxygen atoms in total. The van der Waals surface area contributed by atoms with Gasteiger partial charge in [-0.3, -0.25) is 19.2 Å². The molecule has 1 fully saturated rings. The Morgan fingerprint density at radius 3 is 2.57 bits per heavy atom. The van der Waals surface area contributed by atoms with Crippen molar-refractivity contribution in [2.24, 2.45) is 7.05 Å². The lowest BCUT2D eigenvalue weighted by Crippen LogP contribution is -2.46. The summed E-state index contributed by atoms with van der Waals surface area (Å²) in [4.78, 5) is 35.9. The molecule has 0 spiro atoms. The van der Waals surface area contributed by atoms with Gasteiger partial charge in [0.05, 0.1) is 10.0 Å². The smallest absolute Gasteiger partial charge is 0.329 e. The first-order valence-corrected chi connectivity index (χ1v) is 10.4. The van der Waals surface area contributed by atoms with Crippen molar-refractivity contribution >= 4 is 40.3 Å². The van der Waals surface area contributed by atoms with Crippen LogP contribution in [0.5, 0.6) is 0 Å². The molecule has 1 N–H and O–H groups in total. The first kappa shape index (κ1) is 20.7. The summed E-state index contributed by atoms with van der Waals surface area (Å²) in [7, 11) is 1.60. The van der Waals surface area contributed by atoms with Crippen molar-refractivity contribution in [3.8, 4) is 0 Å². The normalized spacial score (nSPS) is 15.1. The summed E-state index contributed by atoms with van der Waals surface area (Å²) < 4.78 is 3.18. The second kappa shape index (κ2) is 8.29. The number of aromatic nitrogens is 4. The average Bonchev–Trinajstić information content (AvgIpc) is 3.10. The summed E-state index contributed by atoms with van der Waals surface area (Å²) >= 11 is 12.1. The standard InChI is InChI=1S/C20H22Cl2N6O2/c1-3-6-28-16-17(25(2)20(30)24-18(16)29)23-19(28)27-9-7-26(8-10-27)12-13-4-5-14(21)15(22)11-13/h3-5,11H,1,6-10,12H2,2H3,(H,24,29,30). The number of nitrogens with zero attached hydrogens (tertiary/aromatic N) is 5. The van der Waals surface area contributed by atoms with Gasteiger partial charge >= 0.3 is 5.69 Å². The molecule has 0 unspecified atom stereocenters. The molecular weight excluding hydrogens is 427 g/mol. The summed E-state index contributed by atoms with van der Waals surface area (Å²) in [5.74, 6) is 0.672. The average molecular weight is 449 g/mol. The Labute approximate surface area is 182 Å². The Morgan fingerprint density at radius 2 is 1.90 bits per heavy atom. The highest BCUT2D eigenvalue weighted by molar-refractivity contribution is 6.42. The topological polar surface area (TPSA) is 79.2 Å². The van der Waals surface area contributed by atoms with Crippen molar-refractivity contribution < 1.29 is 0 Å². The highest BCUT2D eigenvalue weighted by atomic mass is 35.5. The highest BCUT2D eigenvalue weighted by Gasteiger charge is 2.24. The molecular formula is C20H22Cl2N6O2. The number of benzene rings is 1. The third-order valence-electron chi connectivity index (χ3n) is 5.34. The van der Waals surface area contributed by atoms with Gasteiger partial charge < -0.3 is 9.47 Å². The fourth-order valence-electron chi connectivity index (χ4n) is 3.77. The largest absolute Gasteiger partial charge is 0.340 e. The number of allylic oxidation sites excluding steroid dienone is 1. The van der Waals surface area contributed by atoms with E-state index in [0.717, 1.165) is 38.3 Å². The molecule has 3 aromatic rings. The molecule has 0 radical (unpaired) electrons. The van der Waals surface area contributed by atoms with Crippen molar-refractivity contribution in [1.29, 1.82) is 0 Å². The van der Waals surface area contributed by atoms with E-state index < -0.39 is 11.2 Å². The van der Waals surface area contributed by atoms with Crippen LogP contribution in [0.4, 0.5) is 5.95 Å². The molecule has 0 saturated carbocycles. The van der Waals surface area contributed by atoms with E-state index in [1.54, 1.807) is 13.1 Å². The number of anilines is 1. The molecule has 4 rings (SSSR count). The minimum absolute atomic E-state index is 0.374. The molecule has 2 aromatic heterocycles. The first-order valence-electron chi connectivity index (χ1n) is 9.60. The van der Waals surface area contributed by atoms with Gasteiger partial charge in [0.15, 0.2) is 11.2 Å². The Bertz CT molecular complexity index is 1220. The number of H-pyrrole nitrogens is 1. The maximum Gasteiger partial charge on any atom is 0.329 e. The molecule has 1 aliphatic heterocycles. The fraction of sp³-hybridized carbons (Fsp3) is 0.350. The third kappa shape index (κ3) is 3.78. The molecule has 0 atom stereocenters. The van der Waals surface area contributed by atoms with E-state index in [4.69, 9.17) is 23.2 Å². The molecule has 0 amide bonds. The van der Waals surface area contributed by atoms with E-state index >= 15 is 0 Å². The summed E-state index contributed by atoms with van der Waals surface area (Å²) in [5, 5.41) is 1.11. The van der Waals surface area contributed by atoms with Crippen LogP contribution in [0.1, 0.15) is 5.56 Å². The van der Waals surface area contributed by atoms with E-state index in [1.165, 1.54) is 4.57 Å². The zero-order valence-corrected chi connectivity index (χ0v) is 18.1. The summed E-state index contributed by atoms with van der Waals surface area (Å²) in [6, 6.07) is 5.69. The van der Waals surface area contributed by atoms with Gasteiger partial charge in [0.1, 0.15) is 0 Å². The summed E-state index contributed by atoms with van der Waals surface area (Å²) in [6.07, 6.45) is 1.72. The van der Waals surface area contributed by atoms with Crippen LogP contribution in [-0.4, -0.2) is 50.2 Å². The number of rotatable bonds is 5. The summed E-state index contributed by atoms with van der Waals surface area (Å²) in [5.41, 5.74) is 0.947. The predicted octanol–water partition coefficient (Wildman–Crippen LogP) is 2.24. The van der Waals surface area contributed by atoms with Crippen LogP contribution in [0.15, 0.2) is 40.4 Å². The monoisotopic (exact) mass is 448 g/mol. The van der Waals surface area contributed by atoms with Crippen molar-refractivity contribution in [3.63, 3.8) is 0 Å². The number of aryl methyl sites for hydroxylation is 1. The maximum absolute atomic E-state index is 12.4. The Morgan fingerprint density at radius 1 is 1.17 bits per heavy atom. The Hall–Kier alpha value is -2.55. The number of imidazole rings is 1. The van der Waals surface area contributed by atoms with Crippen LogP contribution in [0.25, 0.3) is 11.2 Å². The second-order valence-electron chi connectivity index (χ2n) is 7.31. The van der Waals surface area contributed by atoms with Crippen LogP contribution in [0.2, 0.25) is 10.0 Å². The number of halogens is 2. The maximum atomic E-state index is 12.4. The molecule has 1 aromatic carbocycles. The van der Waals surface area contributed by atoms with Gasteiger partial charge in [0.2, 0.25) is 5.95 Å². The lowest BCUT2D eigenvalue weighted by atomic mass is 10.2. The lowest BCUT2D eigenvalue weighted by molar-refractivity contribution is 0.248. The van der Waals surface area contributed by atoms with Crippen molar-refractivity contribution in [3.05, 3.63) is 67.3 Å². The van der Waals surface area contributed by atoms with E-state index in [9.17, 15) is 9.59 Å². The van der Waals surface area contributed by atoms with E-state index in [-0.39, 0.29) is 0 Å². The number of fused-ring (bicyclic) bond motifs is 1. The zero-order chi connectivity index (χ0) is 21.4. The molecule has 0 bridgehead atoms. The molecule has 158 valence electrons. The Kier molecular flexibility index (Phi) is 5.73. The van der Waals surface area contributed by atoms with Crippen LogP contribution in [0.3, 0.4) is 0 Å². The highest BCUT2D eigenvalue weighted by Crippen LogP contribution is 2.24. The number of hydrogen-bond acceptors (Lipinski definition) is 5. The molecule has 10 heteroatoms. The van der Waals surface area contributed by atoms with Gasteiger partial charge in [-0.2, -0.15) is 4.98 Å². The van der Waals surface area contributed by atoms with Gasteiger partial charge in [-0.15, -0.1) is 6.58 Å². The summed E-state index contributed by atoms with van der Waals surface area (Å²) in [6.45, 7) is 8.14. The SMILES string of the molecule is C=CCn1c(N2CCN(Cc3ccc(Cl)c(Cl)c3)CC2)nc2c1c(=O)[nH]c(=O)n2C. The van der Waals surface area contributed by atoms with E-state index in [1.807, 2.05) is 22.8 Å². The van der Waals surface area contributed by atoms with E-state index in [0.29, 0.717) is 33.7 Å². The van der Waals surface area contributed by atoms with Gasteiger partial charge in [0.25, 0.3) is 5.56 Å². The Balaban J connectivity index is 1.57. The van der Waals surface area contributed by atoms with Crippen LogP contribution in [-0.2, 0) is 20.1 Å². The van der Waals surface area contributed by atoms with Gasteiger partial charge in [-0.05, 0) is 17.7 Å². The van der Waals surface area contributed by atoms with Crippen LogP contribution in [0, 0.1) is 0 Å². The quantitative estimate of drug-likeness (QED) is 0.605. The minimum Gasteiger partial charge on any atom is -0.340 e. The molecule has 30 heavy (non-hydrogen) atoms. The number of piperazine rings is 1. The molecule has 1 saturated heterocycles. The predicted molar refractivity (Wildman–Crippen MR) is 120 cm³/mol. The number of aromatic amines is 1. The first-order chi connectivity index (χ1) is 14.4.